The number of aromatic nitrogens is 3. The van der Waals surface area contributed by atoms with E-state index in [9.17, 15) is 4.39 Å². The lowest BCUT2D eigenvalue weighted by Gasteiger charge is -2.10. The van der Waals surface area contributed by atoms with Gasteiger partial charge in [0.25, 0.3) is 0 Å². The molecule has 0 saturated carbocycles. The van der Waals surface area contributed by atoms with Crippen molar-refractivity contribution in [2.75, 3.05) is 0 Å². The number of benzene rings is 1. The molecule has 1 aromatic heterocycles. The molecule has 5 nitrogen and oxygen atoms in total. The van der Waals surface area contributed by atoms with E-state index in [0.717, 1.165) is 0 Å². The van der Waals surface area contributed by atoms with Crippen LogP contribution in [0.4, 0.5) is 4.39 Å². The lowest BCUT2D eigenvalue weighted by Crippen LogP contribution is -2.10. The van der Waals surface area contributed by atoms with Crippen LogP contribution in [0, 0.1) is 18.2 Å². The SMILES string of the molecule is Cc1nc(C2=NC=CC(C)(C)C=N2)nn1Cc1ccccc1F. The van der Waals surface area contributed by atoms with Crippen LogP contribution >= 0.6 is 0 Å². The van der Waals surface area contributed by atoms with Crippen molar-refractivity contribution in [3.8, 4) is 0 Å². The molecule has 1 aliphatic rings. The second-order valence-corrected chi connectivity index (χ2v) is 6.08. The quantitative estimate of drug-likeness (QED) is 0.874. The van der Waals surface area contributed by atoms with E-state index in [1.165, 1.54) is 6.07 Å². The zero-order chi connectivity index (χ0) is 16.4. The maximum atomic E-state index is 13.8. The summed E-state index contributed by atoms with van der Waals surface area (Å²) < 4.78 is 15.4. The number of nitrogens with zero attached hydrogens (tertiary/aromatic N) is 5. The molecule has 23 heavy (non-hydrogen) atoms. The summed E-state index contributed by atoms with van der Waals surface area (Å²) in [5.74, 6) is 1.34. The van der Waals surface area contributed by atoms with Crippen LogP contribution in [0.2, 0.25) is 0 Å². The molecule has 1 aromatic carbocycles. The Balaban J connectivity index is 1.89. The summed E-state index contributed by atoms with van der Waals surface area (Å²) in [5.41, 5.74) is 0.412. The third-order valence-electron chi connectivity index (χ3n) is 3.56. The van der Waals surface area contributed by atoms with Crippen LogP contribution < -0.4 is 0 Å². The van der Waals surface area contributed by atoms with Gasteiger partial charge >= 0.3 is 0 Å². The van der Waals surface area contributed by atoms with Crippen LogP contribution in [-0.4, -0.2) is 26.8 Å². The van der Waals surface area contributed by atoms with Crippen LogP contribution in [0.3, 0.4) is 0 Å². The molecule has 0 amide bonds. The normalized spacial score (nSPS) is 16.3. The predicted octanol–water partition coefficient (Wildman–Crippen LogP) is 3.14. The van der Waals surface area contributed by atoms with Crippen molar-refractivity contribution in [3.05, 3.63) is 59.6 Å². The van der Waals surface area contributed by atoms with E-state index in [2.05, 4.69) is 20.1 Å². The second-order valence-electron chi connectivity index (χ2n) is 6.08. The minimum absolute atomic E-state index is 0.157. The Morgan fingerprint density at radius 2 is 2.00 bits per heavy atom. The highest BCUT2D eigenvalue weighted by Crippen LogP contribution is 2.17. The van der Waals surface area contributed by atoms with Gasteiger partial charge < -0.3 is 0 Å². The number of rotatable bonds is 3. The maximum absolute atomic E-state index is 13.8. The van der Waals surface area contributed by atoms with Crippen LogP contribution in [0.5, 0.6) is 0 Å². The monoisotopic (exact) mass is 311 g/mol. The van der Waals surface area contributed by atoms with E-state index in [0.29, 0.717) is 29.6 Å². The predicted molar refractivity (Wildman–Crippen MR) is 88.2 cm³/mol. The van der Waals surface area contributed by atoms with Gasteiger partial charge in [-0.2, -0.15) is 0 Å². The van der Waals surface area contributed by atoms with Gasteiger partial charge in [-0.25, -0.2) is 24.0 Å². The summed E-state index contributed by atoms with van der Waals surface area (Å²) in [4.78, 5) is 13.1. The van der Waals surface area contributed by atoms with Crippen molar-refractivity contribution in [3.63, 3.8) is 0 Å². The molecule has 0 spiro atoms. The summed E-state index contributed by atoms with van der Waals surface area (Å²) in [6.45, 7) is 6.24. The molecule has 0 N–H and O–H groups in total. The van der Waals surface area contributed by atoms with E-state index in [1.807, 2.05) is 33.1 Å². The summed E-state index contributed by atoms with van der Waals surface area (Å²) >= 11 is 0. The topological polar surface area (TPSA) is 55.4 Å². The molecule has 0 radical (unpaired) electrons. The van der Waals surface area contributed by atoms with Crippen molar-refractivity contribution >= 4 is 12.1 Å². The molecule has 0 atom stereocenters. The fourth-order valence-corrected chi connectivity index (χ4v) is 2.17. The standard InChI is InChI=1S/C17H18FN5/c1-12-21-16(15-19-9-8-17(2,3)11-20-15)22-23(12)10-13-6-4-5-7-14(13)18/h4-9,11H,10H2,1-3H3. The third kappa shape index (κ3) is 3.41. The fourth-order valence-electron chi connectivity index (χ4n) is 2.17. The maximum Gasteiger partial charge on any atom is 0.219 e. The summed E-state index contributed by atoms with van der Waals surface area (Å²) in [5, 5.41) is 4.42. The Labute approximate surface area is 134 Å². The van der Waals surface area contributed by atoms with Gasteiger partial charge in [0.2, 0.25) is 5.82 Å². The van der Waals surface area contributed by atoms with Crippen molar-refractivity contribution in [2.24, 2.45) is 15.4 Å². The van der Waals surface area contributed by atoms with Gasteiger partial charge in [0.15, 0.2) is 5.84 Å². The Morgan fingerprint density at radius 3 is 2.78 bits per heavy atom. The van der Waals surface area contributed by atoms with Crippen LogP contribution in [-0.2, 0) is 6.54 Å². The van der Waals surface area contributed by atoms with E-state index in [-0.39, 0.29) is 11.2 Å². The minimum Gasteiger partial charge on any atom is -0.245 e. The molecule has 2 heterocycles. The third-order valence-corrected chi connectivity index (χ3v) is 3.56. The van der Waals surface area contributed by atoms with Gasteiger partial charge in [-0.1, -0.05) is 38.1 Å². The van der Waals surface area contributed by atoms with Crippen LogP contribution in [0.1, 0.15) is 31.1 Å². The summed E-state index contributed by atoms with van der Waals surface area (Å²) in [6.07, 6.45) is 5.50. The molecule has 3 rings (SSSR count). The Bertz CT molecular complexity index is 814. The average molecular weight is 311 g/mol. The van der Waals surface area contributed by atoms with Crippen molar-refractivity contribution in [1.29, 1.82) is 0 Å². The highest BCUT2D eigenvalue weighted by Gasteiger charge is 2.17. The molecule has 118 valence electrons. The van der Waals surface area contributed by atoms with Crippen molar-refractivity contribution in [2.45, 2.75) is 27.3 Å². The first kappa shape index (κ1) is 15.3. The lowest BCUT2D eigenvalue weighted by atomic mass is 9.96. The second kappa shape index (κ2) is 5.87. The average Bonchev–Trinajstić information content (AvgIpc) is 2.75. The summed E-state index contributed by atoms with van der Waals surface area (Å²) in [6, 6.07) is 6.65. The largest absolute Gasteiger partial charge is 0.245 e. The van der Waals surface area contributed by atoms with Gasteiger partial charge in [0.05, 0.1) is 6.54 Å². The van der Waals surface area contributed by atoms with E-state index < -0.39 is 0 Å². The molecule has 0 bridgehead atoms. The fraction of sp³-hybridized carbons (Fsp3) is 0.294. The van der Waals surface area contributed by atoms with Crippen LogP contribution in [0.15, 0.2) is 46.5 Å². The Morgan fingerprint density at radius 1 is 1.22 bits per heavy atom. The number of aliphatic imine (C=N–C) groups is 2. The zero-order valence-corrected chi connectivity index (χ0v) is 13.4. The number of hydrogen-bond donors (Lipinski definition) is 0. The molecule has 0 unspecified atom stereocenters. The first-order valence-corrected chi connectivity index (χ1v) is 7.40. The van der Waals surface area contributed by atoms with Crippen molar-refractivity contribution in [1.82, 2.24) is 14.8 Å². The molecule has 2 aromatic rings. The highest BCUT2D eigenvalue weighted by atomic mass is 19.1. The number of hydrogen-bond acceptors (Lipinski definition) is 4. The molecule has 0 saturated heterocycles. The first-order valence-electron chi connectivity index (χ1n) is 7.40. The number of aryl methyl sites for hydroxylation is 1. The van der Waals surface area contributed by atoms with Gasteiger partial charge in [0, 0.05) is 23.4 Å². The molecule has 6 heteroatoms. The molecular weight excluding hydrogens is 293 g/mol. The van der Waals surface area contributed by atoms with Gasteiger partial charge in [-0.3, -0.25) is 0 Å². The first-order chi connectivity index (χ1) is 10.9. The van der Waals surface area contributed by atoms with Gasteiger partial charge in [-0.15, -0.1) is 5.10 Å². The van der Waals surface area contributed by atoms with Gasteiger partial charge in [-0.05, 0) is 13.0 Å². The number of allylic oxidation sites excluding steroid dienone is 1. The minimum atomic E-state index is -0.251. The highest BCUT2D eigenvalue weighted by molar-refractivity contribution is 6.01. The number of amidine groups is 1. The van der Waals surface area contributed by atoms with Crippen LogP contribution in [0.25, 0.3) is 0 Å². The lowest BCUT2D eigenvalue weighted by molar-refractivity contribution is 0.578. The van der Waals surface area contributed by atoms with Crippen molar-refractivity contribution < 1.29 is 4.39 Å². The van der Waals surface area contributed by atoms with E-state index >= 15 is 0 Å². The molecule has 0 aliphatic carbocycles. The summed E-state index contributed by atoms with van der Waals surface area (Å²) in [7, 11) is 0. The Hall–Kier alpha value is -2.63. The zero-order valence-electron chi connectivity index (χ0n) is 13.4. The van der Waals surface area contributed by atoms with E-state index in [4.69, 9.17) is 0 Å². The Kier molecular flexibility index (Phi) is 3.90. The molecule has 1 aliphatic heterocycles. The van der Waals surface area contributed by atoms with Gasteiger partial charge in [0.1, 0.15) is 11.6 Å². The molecule has 0 fully saturated rings. The number of halogens is 1. The smallest absolute Gasteiger partial charge is 0.219 e. The van der Waals surface area contributed by atoms with E-state index in [1.54, 1.807) is 29.1 Å². The molecular formula is C17H18FN5.